The van der Waals surface area contributed by atoms with E-state index < -0.39 is 6.43 Å². The van der Waals surface area contributed by atoms with Crippen molar-refractivity contribution in [1.29, 1.82) is 0 Å². The van der Waals surface area contributed by atoms with Gasteiger partial charge in [0, 0.05) is 36.5 Å². The Morgan fingerprint density at radius 2 is 2.08 bits per heavy atom. The van der Waals surface area contributed by atoms with Gasteiger partial charge in [0.25, 0.3) is 12.3 Å². The van der Waals surface area contributed by atoms with Crippen LogP contribution in [0.15, 0.2) is 12.4 Å². The number of alkyl halides is 2. The Hall–Kier alpha value is -3.35. The number of carbonyl (C=O) groups is 2. The van der Waals surface area contributed by atoms with E-state index in [1.54, 1.807) is 13.4 Å². The topological polar surface area (TPSA) is 119 Å². The van der Waals surface area contributed by atoms with Crippen LogP contribution in [0.1, 0.15) is 77.5 Å². The Balaban J connectivity index is 1.14. The predicted molar refractivity (Wildman–Crippen MR) is 140 cm³/mol. The second kappa shape index (κ2) is 9.10. The molecule has 4 aliphatic carbocycles. The van der Waals surface area contributed by atoms with Crippen LogP contribution >= 0.6 is 11.3 Å². The molecular weight excluding hydrogens is 526 g/mol. The minimum Gasteiger partial charge on any atom is -0.352 e. The van der Waals surface area contributed by atoms with Crippen LogP contribution in [0.25, 0.3) is 0 Å². The number of carbonyl (C=O) groups excluding carboxylic acids is 2. The molecule has 0 aliphatic heterocycles. The summed E-state index contributed by atoms with van der Waals surface area (Å²) < 4.78 is 29.5. The van der Waals surface area contributed by atoms with Crippen LogP contribution in [0.2, 0.25) is 0 Å². The highest BCUT2D eigenvalue weighted by atomic mass is 32.1. The molecule has 2 atom stereocenters. The van der Waals surface area contributed by atoms with Crippen molar-refractivity contribution in [2.45, 2.75) is 63.8 Å². The van der Waals surface area contributed by atoms with Crippen molar-refractivity contribution in [3.8, 4) is 0 Å². The van der Waals surface area contributed by atoms with E-state index in [4.69, 9.17) is 0 Å². The molecule has 2 amide bonds. The van der Waals surface area contributed by atoms with Gasteiger partial charge in [0.15, 0.2) is 0 Å². The molecule has 3 N–H and O–H groups in total. The SMILES string of the molecule is Cn1nc(C(F)F)cc1Nc1nncn1[C@H]1CCc2sc(NC(=O)[C@H]3CC34CC4)c(C(=O)NCC3CC3)c2C1. The smallest absolute Gasteiger partial charge is 0.282 e. The molecule has 3 fully saturated rings. The number of aromatic nitrogens is 5. The first-order valence-electron chi connectivity index (χ1n) is 13.5. The monoisotopic (exact) mass is 556 g/mol. The lowest BCUT2D eigenvalue weighted by atomic mass is 9.91. The van der Waals surface area contributed by atoms with Crippen molar-refractivity contribution in [1.82, 2.24) is 29.9 Å². The van der Waals surface area contributed by atoms with Crippen LogP contribution in [-0.2, 0) is 24.7 Å². The highest BCUT2D eigenvalue weighted by Crippen LogP contribution is 2.70. The second-order valence-corrected chi connectivity index (χ2v) is 12.5. The van der Waals surface area contributed by atoms with Gasteiger partial charge >= 0.3 is 0 Å². The fraction of sp³-hybridized carbons (Fsp3) is 0.577. The average molecular weight is 557 g/mol. The molecule has 39 heavy (non-hydrogen) atoms. The van der Waals surface area contributed by atoms with E-state index in [9.17, 15) is 18.4 Å². The number of anilines is 3. The van der Waals surface area contributed by atoms with Crippen LogP contribution in [0.4, 0.5) is 25.5 Å². The lowest BCUT2D eigenvalue weighted by molar-refractivity contribution is -0.117. The fourth-order valence-corrected chi connectivity index (χ4v) is 7.08. The maximum Gasteiger partial charge on any atom is 0.282 e. The van der Waals surface area contributed by atoms with Gasteiger partial charge < -0.3 is 16.0 Å². The van der Waals surface area contributed by atoms with E-state index in [-0.39, 0.29) is 34.9 Å². The highest BCUT2D eigenvalue weighted by Gasteiger charge is 2.65. The molecule has 0 bridgehead atoms. The largest absolute Gasteiger partial charge is 0.352 e. The minimum atomic E-state index is -2.67. The van der Waals surface area contributed by atoms with Gasteiger partial charge in [-0.3, -0.25) is 18.8 Å². The van der Waals surface area contributed by atoms with E-state index in [1.165, 1.54) is 22.1 Å². The zero-order valence-electron chi connectivity index (χ0n) is 21.5. The van der Waals surface area contributed by atoms with Gasteiger partial charge in [0.2, 0.25) is 11.9 Å². The van der Waals surface area contributed by atoms with Crippen LogP contribution in [-0.4, -0.2) is 42.9 Å². The zero-order chi connectivity index (χ0) is 26.9. The lowest BCUT2D eigenvalue weighted by Gasteiger charge is -2.25. The molecule has 3 heterocycles. The summed E-state index contributed by atoms with van der Waals surface area (Å²) in [5.41, 5.74) is 1.45. The molecule has 206 valence electrons. The summed E-state index contributed by atoms with van der Waals surface area (Å²) in [4.78, 5) is 27.6. The Kier molecular flexibility index (Phi) is 5.76. The van der Waals surface area contributed by atoms with Crippen molar-refractivity contribution in [3.05, 3.63) is 34.1 Å². The summed E-state index contributed by atoms with van der Waals surface area (Å²) >= 11 is 1.52. The Bertz CT molecular complexity index is 1450. The molecule has 3 aromatic heterocycles. The third-order valence-electron chi connectivity index (χ3n) is 8.67. The third-order valence-corrected chi connectivity index (χ3v) is 9.88. The number of aryl methyl sites for hydroxylation is 2. The average Bonchev–Trinajstić information content (AvgIpc) is 3.87. The Labute approximate surface area is 227 Å². The minimum absolute atomic E-state index is 0.0310. The van der Waals surface area contributed by atoms with E-state index >= 15 is 0 Å². The number of thiophene rings is 1. The summed E-state index contributed by atoms with van der Waals surface area (Å²) in [7, 11) is 1.59. The molecular formula is C26H30F2N8O2S. The molecule has 3 aromatic rings. The van der Waals surface area contributed by atoms with Gasteiger partial charge in [-0.1, -0.05) is 0 Å². The Morgan fingerprint density at radius 1 is 1.26 bits per heavy atom. The first-order valence-corrected chi connectivity index (χ1v) is 14.3. The van der Waals surface area contributed by atoms with Crippen molar-refractivity contribution in [2.75, 3.05) is 17.2 Å². The van der Waals surface area contributed by atoms with E-state index in [1.807, 2.05) is 4.57 Å². The quantitative estimate of drug-likeness (QED) is 0.360. The third kappa shape index (κ3) is 4.60. The zero-order valence-corrected chi connectivity index (χ0v) is 22.4. The number of rotatable bonds is 9. The molecule has 4 aliphatic rings. The second-order valence-electron chi connectivity index (χ2n) is 11.4. The molecule has 0 radical (unpaired) electrons. The number of nitrogens with zero attached hydrogens (tertiary/aromatic N) is 5. The summed E-state index contributed by atoms with van der Waals surface area (Å²) in [6, 6.07) is 1.24. The first-order chi connectivity index (χ1) is 18.8. The van der Waals surface area contributed by atoms with Crippen molar-refractivity contribution >= 4 is 39.9 Å². The molecule has 0 aromatic carbocycles. The molecule has 10 nitrogen and oxygen atoms in total. The van der Waals surface area contributed by atoms with Crippen molar-refractivity contribution < 1.29 is 18.4 Å². The number of nitrogens with one attached hydrogen (secondary N) is 3. The first kappa shape index (κ1) is 24.7. The van der Waals surface area contributed by atoms with Gasteiger partial charge in [-0.05, 0) is 68.3 Å². The summed E-state index contributed by atoms with van der Waals surface area (Å²) in [5.74, 6) is 1.30. The van der Waals surface area contributed by atoms with E-state index in [2.05, 4.69) is 31.2 Å². The number of fused-ring (bicyclic) bond motifs is 1. The molecule has 13 heteroatoms. The number of halogens is 2. The summed E-state index contributed by atoms with van der Waals surface area (Å²) in [5, 5.41) is 22.1. The Morgan fingerprint density at radius 3 is 2.77 bits per heavy atom. The molecule has 3 saturated carbocycles. The number of hydrogen-bond donors (Lipinski definition) is 3. The fourth-order valence-electron chi connectivity index (χ4n) is 5.84. The van der Waals surface area contributed by atoms with Crippen molar-refractivity contribution in [2.24, 2.45) is 24.3 Å². The van der Waals surface area contributed by atoms with Crippen molar-refractivity contribution in [3.63, 3.8) is 0 Å². The van der Waals surface area contributed by atoms with Crippen LogP contribution < -0.4 is 16.0 Å². The van der Waals surface area contributed by atoms with Crippen LogP contribution in [0.5, 0.6) is 0 Å². The predicted octanol–water partition coefficient (Wildman–Crippen LogP) is 4.36. The molecule has 1 spiro atoms. The van der Waals surface area contributed by atoms with Crippen LogP contribution in [0, 0.1) is 17.3 Å². The number of hydrogen-bond acceptors (Lipinski definition) is 7. The van der Waals surface area contributed by atoms with Crippen LogP contribution in [0.3, 0.4) is 0 Å². The maximum atomic E-state index is 13.5. The lowest BCUT2D eigenvalue weighted by Crippen LogP contribution is -2.29. The van der Waals surface area contributed by atoms with Gasteiger partial charge in [-0.25, -0.2) is 8.78 Å². The summed E-state index contributed by atoms with van der Waals surface area (Å²) in [6.07, 6.45) is 6.52. The molecule has 0 saturated heterocycles. The molecule has 7 rings (SSSR count). The van der Waals surface area contributed by atoms with Gasteiger partial charge in [0.05, 0.1) is 5.56 Å². The summed E-state index contributed by atoms with van der Waals surface area (Å²) in [6.45, 7) is 0.650. The van der Waals surface area contributed by atoms with Gasteiger partial charge in [-0.15, -0.1) is 21.5 Å². The van der Waals surface area contributed by atoms with Gasteiger partial charge in [-0.2, -0.15) is 5.10 Å². The van der Waals surface area contributed by atoms with E-state index in [0.717, 1.165) is 55.4 Å². The number of amides is 2. The van der Waals surface area contributed by atoms with Gasteiger partial charge in [0.1, 0.15) is 22.8 Å². The highest BCUT2D eigenvalue weighted by molar-refractivity contribution is 7.17. The maximum absolute atomic E-state index is 13.5. The van der Waals surface area contributed by atoms with E-state index in [0.29, 0.717) is 41.2 Å². The normalized spacial score (nSPS) is 22.6. The molecule has 0 unspecified atom stereocenters. The standard InChI is InChI=1S/C26H30F2N8O2S/c1-35-19(9-17(34-35)21(27)28)31-25-33-30-12-36(25)14-4-5-18-15(8-14)20(23(38)29-11-13-2-3-13)24(39-18)32-22(37)16-10-26(16)6-7-26/h9,12-14,16,21H,2-8,10-11H2,1H3,(H,29,38)(H,31,33)(H,32,37)/t14-,16+/m0/s1.